The summed E-state index contributed by atoms with van der Waals surface area (Å²) in [5, 5.41) is 3.47. The van der Waals surface area contributed by atoms with E-state index in [0.717, 1.165) is 24.4 Å². The van der Waals surface area contributed by atoms with E-state index >= 15 is 0 Å². The van der Waals surface area contributed by atoms with Crippen molar-refractivity contribution in [1.29, 1.82) is 0 Å². The summed E-state index contributed by atoms with van der Waals surface area (Å²) in [5.41, 5.74) is 3.76. The van der Waals surface area contributed by atoms with E-state index in [9.17, 15) is 0 Å². The molecule has 94 valence electrons. The third kappa shape index (κ3) is 2.62. The van der Waals surface area contributed by atoms with Gasteiger partial charge in [0.15, 0.2) is 0 Å². The maximum atomic E-state index is 4.57. The number of hydrogen-bond donors (Lipinski definition) is 1. The Balaban J connectivity index is 1.50. The van der Waals surface area contributed by atoms with Gasteiger partial charge < -0.3 is 9.72 Å². The van der Waals surface area contributed by atoms with Gasteiger partial charge in [-0.3, -0.25) is 0 Å². The minimum Gasteiger partial charge on any atom is -0.311 e. The van der Waals surface area contributed by atoms with Crippen LogP contribution < -0.4 is 5.32 Å². The second-order valence-electron chi connectivity index (χ2n) is 4.88. The Bertz CT molecular complexity index is 521. The molecule has 2 aromatic heterocycles. The average molecular weight is 241 g/mol. The highest BCUT2D eigenvalue weighted by Gasteiger charge is 2.04. The second kappa shape index (κ2) is 5.36. The molecule has 0 radical (unpaired) electrons. The van der Waals surface area contributed by atoms with Gasteiger partial charge in [0.05, 0.1) is 5.69 Å². The van der Waals surface area contributed by atoms with Gasteiger partial charge in [0, 0.05) is 18.9 Å². The molecule has 0 spiro atoms. The molecule has 3 nitrogen and oxygen atoms in total. The summed E-state index contributed by atoms with van der Waals surface area (Å²) >= 11 is 0. The van der Waals surface area contributed by atoms with Crippen molar-refractivity contribution in [3.8, 4) is 0 Å². The third-order valence-corrected chi connectivity index (χ3v) is 3.48. The van der Waals surface area contributed by atoms with Gasteiger partial charge in [-0.15, -0.1) is 0 Å². The molecule has 3 heteroatoms. The van der Waals surface area contributed by atoms with E-state index in [2.05, 4.69) is 27.0 Å². The van der Waals surface area contributed by atoms with Gasteiger partial charge in [-0.1, -0.05) is 17.7 Å². The van der Waals surface area contributed by atoms with Crippen LogP contribution in [0.5, 0.6) is 0 Å². The van der Waals surface area contributed by atoms with Gasteiger partial charge in [-0.2, -0.15) is 0 Å². The summed E-state index contributed by atoms with van der Waals surface area (Å²) in [4.78, 5) is 4.57. The number of rotatable bonds is 5. The zero-order chi connectivity index (χ0) is 12.2. The molecule has 2 heterocycles. The Morgan fingerprint density at radius 3 is 3.17 bits per heavy atom. The van der Waals surface area contributed by atoms with Crippen LogP contribution in [0.25, 0.3) is 5.65 Å². The van der Waals surface area contributed by atoms with Gasteiger partial charge >= 0.3 is 0 Å². The second-order valence-corrected chi connectivity index (χ2v) is 4.88. The molecule has 0 bridgehead atoms. The number of nitrogens with one attached hydrogen (secondary N) is 1. The summed E-state index contributed by atoms with van der Waals surface area (Å²) in [6.07, 6.45) is 11.6. The maximum Gasteiger partial charge on any atom is 0.137 e. The van der Waals surface area contributed by atoms with Crippen molar-refractivity contribution >= 4 is 5.65 Å². The zero-order valence-electron chi connectivity index (χ0n) is 10.6. The molecule has 0 aliphatic heterocycles. The van der Waals surface area contributed by atoms with E-state index in [1.807, 2.05) is 24.4 Å². The van der Waals surface area contributed by atoms with Gasteiger partial charge in [0.25, 0.3) is 0 Å². The molecular weight excluding hydrogens is 222 g/mol. The minimum atomic E-state index is 0.856. The fourth-order valence-corrected chi connectivity index (χ4v) is 2.50. The van der Waals surface area contributed by atoms with E-state index in [4.69, 9.17) is 0 Å². The summed E-state index contributed by atoms with van der Waals surface area (Å²) in [5.74, 6) is 0. The molecule has 0 saturated heterocycles. The Morgan fingerprint density at radius 2 is 2.33 bits per heavy atom. The largest absolute Gasteiger partial charge is 0.311 e. The third-order valence-electron chi connectivity index (χ3n) is 3.48. The Morgan fingerprint density at radius 1 is 1.33 bits per heavy atom. The van der Waals surface area contributed by atoms with Crippen LogP contribution in [0.4, 0.5) is 0 Å². The lowest BCUT2D eigenvalue weighted by molar-refractivity contribution is 0.667. The van der Waals surface area contributed by atoms with Gasteiger partial charge in [-0.05, 0) is 44.4 Å². The lowest BCUT2D eigenvalue weighted by atomic mass is 10.2. The summed E-state index contributed by atoms with van der Waals surface area (Å²) in [7, 11) is 0. The molecule has 0 aromatic carbocycles. The zero-order valence-corrected chi connectivity index (χ0v) is 10.6. The molecule has 2 aromatic rings. The average Bonchev–Trinajstić information content (AvgIpc) is 3.03. The molecule has 0 amide bonds. The van der Waals surface area contributed by atoms with Crippen LogP contribution in [-0.4, -0.2) is 15.9 Å². The van der Waals surface area contributed by atoms with E-state index in [1.165, 1.54) is 25.7 Å². The van der Waals surface area contributed by atoms with Crippen molar-refractivity contribution in [3.63, 3.8) is 0 Å². The van der Waals surface area contributed by atoms with Crippen LogP contribution in [0.1, 0.15) is 31.4 Å². The molecular formula is C15H19N3. The number of allylic oxidation sites excluding steroid dienone is 1. The summed E-state index contributed by atoms with van der Waals surface area (Å²) < 4.78 is 2.07. The number of aromatic nitrogens is 2. The highest BCUT2D eigenvalue weighted by Crippen LogP contribution is 2.19. The number of hydrogen-bond acceptors (Lipinski definition) is 2. The van der Waals surface area contributed by atoms with Crippen molar-refractivity contribution in [3.05, 3.63) is 47.9 Å². The number of fused-ring (bicyclic) bond motifs is 1. The standard InChI is InChI=1S/C15H19N3/c1-2-6-13(5-1)8-9-16-11-14-12-18-10-4-3-7-15(18)17-14/h3-5,7,10,12,16H,1-2,6,8-9,11H2. The number of pyridine rings is 1. The van der Waals surface area contributed by atoms with Crippen LogP contribution in [-0.2, 0) is 6.54 Å². The monoisotopic (exact) mass is 241 g/mol. The Labute approximate surface area is 108 Å². The van der Waals surface area contributed by atoms with Crippen molar-refractivity contribution in [2.24, 2.45) is 0 Å². The van der Waals surface area contributed by atoms with E-state index < -0.39 is 0 Å². The summed E-state index contributed by atoms with van der Waals surface area (Å²) in [6.45, 7) is 1.91. The topological polar surface area (TPSA) is 29.3 Å². The summed E-state index contributed by atoms with van der Waals surface area (Å²) in [6, 6.07) is 6.08. The van der Waals surface area contributed by atoms with Gasteiger partial charge in [0.1, 0.15) is 5.65 Å². The van der Waals surface area contributed by atoms with Crippen molar-refractivity contribution in [1.82, 2.24) is 14.7 Å². The van der Waals surface area contributed by atoms with Crippen molar-refractivity contribution in [2.75, 3.05) is 6.54 Å². The van der Waals surface area contributed by atoms with Crippen LogP contribution in [0.2, 0.25) is 0 Å². The fraction of sp³-hybridized carbons (Fsp3) is 0.400. The first-order valence-electron chi connectivity index (χ1n) is 6.73. The predicted octanol–water partition coefficient (Wildman–Crippen LogP) is 2.92. The highest BCUT2D eigenvalue weighted by atomic mass is 15.0. The van der Waals surface area contributed by atoms with Crippen molar-refractivity contribution < 1.29 is 0 Å². The lowest BCUT2D eigenvalue weighted by Gasteiger charge is -2.03. The maximum absolute atomic E-state index is 4.57. The smallest absolute Gasteiger partial charge is 0.137 e. The predicted molar refractivity (Wildman–Crippen MR) is 73.4 cm³/mol. The van der Waals surface area contributed by atoms with Crippen LogP contribution in [0.15, 0.2) is 42.2 Å². The SMILES string of the molecule is C1=C(CCNCc2cn3ccccc3n2)CCC1. The molecule has 18 heavy (non-hydrogen) atoms. The Hall–Kier alpha value is -1.61. The van der Waals surface area contributed by atoms with E-state index in [1.54, 1.807) is 5.57 Å². The molecule has 0 saturated carbocycles. The fourth-order valence-electron chi connectivity index (χ4n) is 2.50. The molecule has 0 unspecified atom stereocenters. The molecule has 1 N–H and O–H groups in total. The van der Waals surface area contributed by atoms with E-state index in [0.29, 0.717) is 0 Å². The minimum absolute atomic E-state index is 0.856. The number of nitrogens with zero attached hydrogens (tertiary/aromatic N) is 2. The first-order valence-corrected chi connectivity index (χ1v) is 6.73. The highest BCUT2D eigenvalue weighted by molar-refractivity contribution is 5.39. The number of imidazole rings is 1. The molecule has 0 atom stereocenters. The Kier molecular flexibility index (Phi) is 3.42. The van der Waals surface area contributed by atoms with E-state index in [-0.39, 0.29) is 0 Å². The quantitative estimate of drug-likeness (QED) is 0.644. The first-order chi connectivity index (χ1) is 8.92. The van der Waals surface area contributed by atoms with Gasteiger partial charge in [0.2, 0.25) is 0 Å². The lowest BCUT2D eigenvalue weighted by Crippen LogP contribution is -2.15. The van der Waals surface area contributed by atoms with Crippen LogP contribution >= 0.6 is 0 Å². The van der Waals surface area contributed by atoms with Crippen molar-refractivity contribution in [2.45, 2.75) is 32.2 Å². The van der Waals surface area contributed by atoms with Crippen LogP contribution in [0.3, 0.4) is 0 Å². The first kappa shape index (κ1) is 11.5. The normalized spacial score (nSPS) is 15.2. The molecule has 1 aliphatic rings. The van der Waals surface area contributed by atoms with Gasteiger partial charge in [-0.25, -0.2) is 4.98 Å². The molecule has 1 aliphatic carbocycles. The molecule has 0 fully saturated rings. The van der Waals surface area contributed by atoms with Crippen LogP contribution in [0, 0.1) is 0 Å². The molecule has 3 rings (SSSR count).